The largest absolute Gasteiger partial charge is 0.433 e. The number of hydrazine groups is 2. The zero-order chi connectivity index (χ0) is 11.9. The molecule has 0 fully saturated rings. The van der Waals surface area contributed by atoms with Gasteiger partial charge in [0.25, 0.3) is 0 Å². The van der Waals surface area contributed by atoms with Crippen LogP contribution < -0.4 is 5.53 Å². The Labute approximate surface area is 93.9 Å². The van der Waals surface area contributed by atoms with Crippen LogP contribution in [0.2, 0.25) is 0 Å². The Kier molecular flexibility index (Phi) is 2.52. The number of aliphatic imine (C=N–C) groups is 1. The van der Waals surface area contributed by atoms with Crippen molar-refractivity contribution in [2.75, 3.05) is 6.73 Å². The summed E-state index contributed by atoms with van der Waals surface area (Å²) in [6, 6.07) is 0. The molecule has 0 aromatic heterocycles. The highest BCUT2D eigenvalue weighted by atomic mass is 32.1. The number of hydrogen-bond acceptors (Lipinski definition) is 5. The molecule has 87 valence electrons. The molecule has 0 bridgehead atoms. The van der Waals surface area contributed by atoms with Crippen LogP contribution in [-0.4, -0.2) is 33.7 Å². The van der Waals surface area contributed by atoms with Crippen LogP contribution >= 0.6 is 12.6 Å². The van der Waals surface area contributed by atoms with E-state index in [-0.39, 0.29) is 10.9 Å². The summed E-state index contributed by atoms with van der Waals surface area (Å²) in [6.45, 7) is -0.403. The van der Waals surface area contributed by atoms with E-state index in [0.29, 0.717) is 0 Å². The molecule has 0 amide bonds. The SMILES string of the molecule is OCN1C=C2N=C(C(F)(F)F)C=C([S])N2N1. The molecule has 1 radical (unpaired) electrons. The molecule has 0 aromatic rings. The second-order valence-corrected chi connectivity index (χ2v) is 3.43. The Hall–Kier alpha value is -1.32. The Bertz CT molecular complexity index is 403. The molecule has 0 atom stereocenters. The van der Waals surface area contributed by atoms with Gasteiger partial charge in [0.1, 0.15) is 17.5 Å². The monoisotopic (exact) mass is 251 g/mol. The highest BCUT2D eigenvalue weighted by Gasteiger charge is 2.39. The maximum Gasteiger partial charge on any atom is 0.433 e. The highest BCUT2D eigenvalue weighted by molar-refractivity contribution is 7.84. The first-order chi connectivity index (χ1) is 7.41. The summed E-state index contributed by atoms with van der Waals surface area (Å²) in [5.41, 5.74) is 1.49. The van der Waals surface area contributed by atoms with Crippen molar-refractivity contribution in [1.29, 1.82) is 0 Å². The average Bonchev–Trinajstić information content (AvgIpc) is 2.59. The Morgan fingerprint density at radius 2 is 2.19 bits per heavy atom. The summed E-state index contributed by atoms with van der Waals surface area (Å²) in [5.74, 6) is -0.00567. The van der Waals surface area contributed by atoms with E-state index in [4.69, 9.17) is 17.7 Å². The van der Waals surface area contributed by atoms with Crippen LogP contribution in [0.15, 0.2) is 28.1 Å². The topological polar surface area (TPSA) is 51.1 Å². The number of aliphatic hydroxyl groups excluding tert-OH is 1. The van der Waals surface area contributed by atoms with E-state index >= 15 is 0 Å². The van der Waals surface area contributed by atoms with Gasteiger partial charge in [0.05, 0.1) is 6.20 Å². The Morgan fingerprint density at radius 3 is 2.75 bits per heavy atom. The minimum atomic E-state index is -4.54. The third-order valence-electron chi connectivity index (χ3n) is 1.89. The van der Waals surface area contributed by atoms with Gasteiger partial charge in [-0.05, 0) is 0 Å². The van der Waals surface area contributed by atoms with Crippen LogP contribution in [0, 0.1) is 0 Å². The smallest absolute Gasteiger partial charge is 0.375 e. The van der Waals surface area contributed by atoms with E-state index in [2.05, 4.69) is 10.5 Å². The first-order valence-electron chi connectivity index (χ1n) is 4.12. The third kappa shape index (κ3) is 1.84. The molecular formula is C7H6F3N4OS. The zero-order valence-corrected chi connectivity index (χ0v) is 8.51. The second-order valence-electron chi connectivity index (χ2n) is 3.01. The summed E-state index contributed by atoms with van der Waals surface area (Å²) in [5, 5.41) is 11.0. The van der Waals surface area contributed by atoms with E-state index in [1.54, 1.807) is 0 Å². The first-order valence-corrected chi connectivity index (χ1v) is 4.53. The fraction of sp³-hybridized carbons (Fsp3) is 0.286. The molecule has 2 aliphatic rings. The van der Waals surface area contributed by atoms with Gasteiger partial charge < -0.3 is 5.11 Å². The molecule has 2 N–H and O–H groups in total. The Balaban J connectivity index is 2.34. The number of fused-ring (bicyclic) bond motifs is 1. The van der Waals surface area contributed by atoms with Gasteiger partial charge in [-0.25, -0.2) is 10.0 Å². The Morgan fingerprint density at radius 1 is 1.50 bits per heavy atom. The van der Waals surface area contributed by atoms with Crippen LogP contribution in [-0.2, 0) is 0 Å². The molecular weight excluding hydrogens is 245 g/mol. The van der Waals surface area contributed by atoms with Crippen LogP contribution in [0.3, 0.4) is 0 Å². The minimum Gasteiger partial charge on any atom is -0.375 e. The van der Waals surface area contributed by atoms with E-state index in [9.17, 15) is 13.2 Å². The lowest BCUT2D eigenvalue weighted by Gasteiger charge is -2.24. The van der Waals surface area contributed by atoms with Crippen molar-refractivity contribution in [3.63, 3.8) is 0 Å². The minimum absolute atomic E-state index is 0.00567. The summed E-state index contributed by atoms with van der Waals surface area (Å²) in [6.07, 6.45) is -2.56. The number of allylic oxidation sites excluding steroid dienone is 1. The summed E-state index contributed by atoms with van der Waals surface area (Å²) in [4.78, 5) is 3.38. The van der Waals surface area contributed by atoms with E-state index < -0.39 is 18.6 Å². The van der Waals surface area contributed by atoms with Gasteiger partial charge in [-0.3, -0.25) is 5.01 Å². The van der Waals surface area contributed by atoms with Crippen LogP contribution in [0.25, 0.3) is 0 Å². The number of alkyl halides is 3. The predicted octanol–water partition coefficient (Wildman–Crippen LogP) is 0.828. The fourth-order valence-electron chi connectivity index (χ4n) is 1.20. The summed E-state index contributed by atoms with van der Waals surface area (Å²) in [7, 11) is 0. The van der Waals surface area contributed by atoms with Crippen molar-refractivity contribution >= 4 is 18.3 Å². The van der Waals surface area contributed by atoms with Gasteiger partial charge in [-0.15, -0.1) is 5.53 Å². The predicted molar refractivity (Wildman–Crippen MR) is 51.1 cm³/mol. The molecule has 0 aromatic carbocycles. The number of hydrogen-bond donors (Lipinski definition) is 2. The van der Waals surface area contributed by atoms with Crippen LogP contribution in [0.1, 0.15) is 0 Å². The maximum absolute atomic E-state index is 12.4. The summed E-state index contributed by atoms with van der Waals surface area (Å²) < 4.78 is 37.2. The van der Waals surface area contributed by atoms with Crippen molar-refractivity contribution in [2.45, 2.75) is 6.18 Å². The number of nitrogens with one attached hydrogen (secondary N) is 1. The lowest BCUT2D eigenvalue weighted by molar-refractivity contribution is -0.0582. The first kappa shape index (κ1) is 11.2. The standard InChI is InChI=1S/C7H6F3N4OS/c8-7(9,10)4-1-6(16)14-5(11-4)2-13(3-15)12-14/h1-2,12,15H,3H2. The highest BCUT2D eigenvalue weighted by Crippen LogP contribution is 2.29. The lowest BCUT2D eigenvalue weighted by Crippen LogP contribution is -2.41. The number of nitrogens with zero attached hydrogens (tertiary/aromatic N) is 3. The molecule has 2 heterocycles. The average molecular weight is 251 g/mol. The molecule has 0 saturated carbocycles. The molecule has 0 saturated heterocycles. The molecule has 5 nitrogen and oxygen atoms in total. The number of rotatable bonds is 1. The van der Waals surface area contributed by atoms with E-state index in [1.807, 2.05) is 0 Å². The maximum atomic E-state index is 12.4. The van der Waals surface area contributed by atoms with E-state index in [1.165, 1.54) is 11.2 Å². The molecule has 16 heavy (non-hydrogen) atoms. The van der Waals surface area contributed by atoms with Crippen LogP contribution in [0.5, 0.6) is 0 Å². The van der Waals surface area contributed by atoms with Crippen molar-refractivity contribution < 1.29 is 18.3 Å². The van der Waals surface area contributed by atoms with Crippen molar-refractivity contribution in [3.8, 4) is 0 Å². The van der Waals surface area contributed by atoms with Gasteiger partial charge in [-0.1, -0.05) is 12.6 Å². The fourth-order valence-corrected chi connectivity index (χ4v) is 1.45. The van der Waals surface area contributed by atoms with Crippen molar-refractivity contribution in [2.24, 2.45) is 4.99 Å². The second kappa shape index (κ2) is 3.61. The third-order valence-corrected chi connectivity index (χ3v) is 2.19. The lowest BCUT2D eigenvalue weighted by atomic mass is 10.3. The zero-order valence-electron chi connectivity index (χ0n) is 7.69. The molecule has 0 aliphatic carbocycles. The molecule has 0 spiro atoms. The number of halogens is 3. The molecule has 2 aliphatic heterocycles. The molecule has 9 heteroatoms. The molecule has 2 rings (SSSR count). The van der Waals surface area contributed by atoms with Gasteiger partial charge >= 0.3 is 6.18 Å². The normalized spacial score (nSPS) is 20.4. The van der Waals surface area contributed by atoms with Crippen LogP contribution in [0.4, 0.5) is 13.2 Å². The van der Waals surface area contributed by atoms with Gasteiger partial charge in [-0.2, -0.15) is 13.2 Å². The van der Waals surface area contributed by atoms with Gasteiger partial charge in [0, 0.05) is 6.08 Å². The molecule has 0 unspecified atom stereocenters. The van der Waals surface area contributed by atoms with Gasteiger partial charge in [0.15, 0.2) is 5.82 Å². The quantitative estimate of drug-likeness (QED) is 0.724. The van der Waals surface area contributed by atoms with Crippen molar-refractivity contribution in [1.82, 2.24) is 15.6 Å². The van der Waals surface area contributed by atoms with Crippen molar-refractivity contribution in [3.05, 3.63) is 23.1 Å². The summed E-state index contributed by atoms with van der Waals surface area (Å²) >= 11 is 4.77. The number of aliphatic hydroxyl groups is 1. The van der Waals surface area contributed by atoms with E-state index in [0.717, 1.165) is 11.1 Å². The van der Waals surface area contributed by atoms with Gasteiger partial charge in [0.2, 0.25) is 0 Å².